The molecule has 0 aliphatic carbocycles. The second-order valence-electron chi connectivity index (χ2n) is 8.62. The van der Waals surface area contributed by atoms with E-state index in [0.717, 1.165) is 12.5 Å². The van der Waals surface area contributed by atoms with Gasteiger partial charge >= 0.3 is 6.18 Å². The lowest BCUT2D eigenvalue weighted by atomic mass is 9.94. The molecular formula is C25H21F4N3O3. The van der Waals surface area contributed by atoms with E-state index in [1.54, 1.807) is 30.3 Å². The van der Waals surface area contributed by atoms with Crippen molar-refractivity contribution in [1.29, 1.82) is 0 Å². The van der Waals surface area contributed by atoms with E-state index in [-0.39, 0.29) is 23.6 Å². The Morgan fingerprint density at radius 3 is 2.49 bits per heavy atom. The van der Waals surface area contributed by atoms with Gasteiger partial charge in [-0.1, -0.05) is 36.4 Å². The molecule has 0 unspecified atom stereocenters. The number of para-hydroxylation sites is 1. The zero-order valence-electron chi connectivity index (χ0n) is 18.8. The normalized spacial score (nSPS) is 18.2. The molecule has 0 spiro atoms. The lowest BCUT2D eigenvalue weighted by Gasteiger charge is -2.46. The molecule has 10 heteroatoms. The highest BCUT2D eigenvalue weighted by Gasteiger charge is 2.47. The summed E-state index contributed by atoms with van der Waals surface area (Å²) in [6.45, 7) is 1.92. The zero-order chi connectivity index (χ0) is 25.1. The van der Waals surface area contributed by atoms with Crippen LogP contribution < -0.4 is 15.2 Å². The van der Waals surface area contributed by atoms with Crippen LogP contribution in [0, 0.1) is 12.7 Å². The van der Waals surface area contributed by atoms with Crippen LogP contribution in [0.3, 0.4) is 0 Å². The van der Waals surface area contributed by atoms with E-state index in [0.29, 0.717) is 16.0 Å². The summed E-state index contributed by atoms with van der Waals surface area (Å²) in [5.74, 6) is -1.52. The van der Waals surface area contributed by atoms with Gasteiger partial charge in [-0.25, -0.2) is 4.39 Å². The van der Waals surface area contributed by atoms with Crippen LogP contribution in [0.5, 0.6) is 5.75 Å². The Morgan fingerprint density at radius 1 is 1.03 bits per heavy atom. The topological polar surface area (TPSA) is 54.8 Å². The second kappa shape index (κ2) is 8.14. The van der Waals surface area contributed by atoms with E-state index in [4.69, 9.17) is 4.74 Å². The van der Waals surface area contributed by atoms with Crippen LogP contribution in [0.25, 0.3) is 0 Å². The highest BCUT2D eigenvalue weighted by Crippen LogP contribution is 2.42. The van der Waals surface area contributed by atoms with Gasteiger partial charge in [0.25, 0.3) is 5.91 Å². The first-order valence-corrected chi connectivity index (χ1v) is 11.0. The smallest absolute Gasteiger partial charge is 0.408 e. The van der Waals surface area contributed by atoms with E-state index in [1.807, 2.05) is 0 Å². The van der Waals surface area contributed by atoms with Crippen molar-refractivity contribution in [3.05, 3.63) is 98.7 Å². The molecule has 1 amide bonds. The second-order valence-corrected chi connectivity index (χ2v) is 8.62. The lowest BCUT2D eigenvalue weighted by Crippen LogP contribution is -2.60. The fourth-order valence-electron chi connectivity index (χ4n) is 4.67. The predicted octanol–water partition coefficient (Wildman–Crippen LogP) is 4.28. The van der Waals surface area contributed by atoms with Crippen molar-refractivity contribution in [2.75, 3.05) is 11.7 Å². The van der Waals surface area contributed by atoms with Crippen molar-refractivity contribution in [3.63, 3.8) is 0 Å². The minimum Gasteiger partial charge on any atom is -0.485 e. The third-order valence-corrected chi connectivity index (χ3v) is 6.61. The number of nitrogens with zero attached hydrogens (tertiary/aromatic N) is 3. The van der Waals surface area contributed by atoms with Gasteiger partial charge in [0.2, 0.25) is 0 Å². The van der Waals surface area contributed by atoms with Gasteiger partial charge in [-0.3, -0.25) is 19.3 Å². The fraction of sp³-hybridized carbons (Fsp3) is 0.280. The standard InChI is InChI=1S/C25H21F4N3O3/c1-14-20(33)10-11-31-21(14)24(34)30(15(2)25(27,28)29)13-32(31)22-17-7-4-3-6-16(17)12-35-23-18(22)8-5-9-19(23)26/h3-11,15,22H,12-13H2,1-2H3/t15-,22+/m1/s1. The predicted molar refractivity (Wildman–Crippen MR) is 119 cm³/mol. The van der Waals surface area contributed by atoms with Crippen LogP contribution in [0.4, 0.5) is 17.6 Å². The quantitative estimate of drug-likeness (QED) is 0.507. The molecule has 0 bridgehead atoms. The Morgan fingerprint density at radius 2 is 1.74 bits per heavy atom. The average Bonchev–Trinajstić information content (AvgIpc) is 2.98. The summed E-state index contributed by atoms with van der Waals surface area (Å²) in [7, 11) is 0. The summed E-state index contributed by atoms with van der Waals surface area (Å²) in [6, 6.07) is 9.89. The number of hydrogen-bond acceptors (Lipinski definition) is 4. The number of rotatable bonds is 2. The van der Waals surface area contributed by atoms with Crippen LogP contribution in [-0.4, -0.2) is 34.4 Å². The lowest BCUT2D eigenvalue weighted by molar-refractivity contribution is -0.173. The molecule has 2 atom stereocenters. The molecule has 0 saturated heterocycles. The van der Waals surface area contributed by atoms with Crippen LogP contribution in [0.2, 0.25) is 0 Å². The number of benzene rings is 2. The van der Waals surface area contributed by atoms with E-state index in [9.17, 15) is 27.2 Å². The zero-order valence-corrected chi connectivity index (χ0v) is 18.8. The monoisotopic (exact) mass is 487 g/mol. The summed E-state index contributed by atoms with van der Waals surface area (Å²) < 4.78 is 63.4. The van der Waals surface area contributed by atoms with Crippen molar-refractivity contribution < 1.29 is 27.1 Å². The fourth-order valence-corrected chi connectivity index (χ4v) is 4.67. The molecule has 182 valence electrons. The number of hydrogen-bond donors (Lipinski definition) is 0. The Balaban J connectivity index is 1.79. The number of aromatic nitrogens is 1. The molecule has 0 saturated carbocycles. The molecule has 35 heavy (non-hydrogen) atoms. The van der Waals surface area contributed by atoms with Gasteiger partial charge in [-0.15, -0.1) is 0 Å². The maximum atomic E-state index is 14.8. The number of amides is 1. The first-order valence-electron chi connectivity index (χ1n) is 11.0. The van der Waals surface area contributed by atoms with Crippen molar-refractivity contribution in [2.45, 2.75) is 38.7 Å². The Kier molecular flexibility index (Phi) is 5.34. The molecule has 2 aliphatic rings. The van der Waals surface area contributed by atoms with Gasteiger partial charge in [0.05, 0.1) is 0 Å². The molecule has 0 radical (unpaired) electrons. The molecule has 0 fully saturated rings. The van der Waals surface area contributed by atoms with Crippen LogP contribution in [0.15, 0.2) is 59.5 Å². The van der Waals surface area contributed by atoms with Crippen molar-refractivity contribution >= 4 is 5.91 Å². The number of carbonyl (C=O) groups is 1. The van der Waals surface area contributed by atoms with Gasteiger partial charge in [0, 0.05) is 23.4 Å². The third kappa shape index (κ3) is 3.64. The highest BCUT2D eigenvalue weighted by molar-refractivity contribution is 5.95. The molecule has 6 nitrogen and oxygen atoms in total. The SMILES string of the molecule is Cc1c2n(ccc1=O)N([C@H]1c3ccccc3COc3c(F)cccc31)CN([C@H](C)C(F)(F)F)C2=O. The molecular weight excluding hydrogens is 466 g/mol. The molecule has 1 aromatic heterocycles. The average molecular weight is 487 g/mol. The Bertz CT molecular complexity index is 1390. The maximum Gasteiger partial charge on any atom is 0.408 e. The van der Waals surface area contributed by atoms with E-state index in [1.165, 1.54) is 41.0 Å². The molecule has 5 rings (SSSR count). The van der Waals surface area contributed by atoms with Crippen LogP contribution >= 0.6 is 0 Å². The Hall–Kier alpha value is -3.82. The molecule has 0 N–H and O–H groups in total. The van der Waals surface area contributed by atoms with Crippen molar-refractivity contribution in [1.82, 2.24) is 9.58 Å². The molecule has 2 aliphatic heterocycles. The number of pyridine rings is 1. The maximum absolute atomic E-state index is 14.8. The van der Waals surface area contributed by atoms with Gasteiger partial charge in [0.1, 0.15) is 31.1 Å². The minimum absolute atomic E-state index is 0.0136. The van der Waals surface area contributed by atoms with Gasteiger partial charge < -0.3 is 9.64 Å². The van der Waals surface area contributed by atoms with E-state index in [2.05, 4.69) is 0 Å². The molecule has 3 aromatic rings. The number of alkyl halides is 3. The summed E-state index contributed by atoms with van der Waals surface area (Å²) in [4.78, 5) is 26.4. The minimum atomic E-state index is -4.69. The number of fused-ring (bicyclic) bond motifs is 3. The summed E-state index contributed by atoms with van der Waals surface area (Å²) in [6.07, 6.45) is -3.33. The largest absolute Gasteiger partial charge is 0.485 e. The number of carbonyl (C=O) groups excluding carboxylic acids is 1. The van der Waals surface area contributed by atoms with Crippen LogP contribution in [0.1, 0.15) is 45.7 Å². The first kappa shape index (κ1) is 22.9. The van der Waals surface area contributed by atoms with E-state index < -0.39 is 42.1 Å². The van der Waals surface area contributed by atoms with Gasteiger partial charge in [-0.05, 0) is 31.0 Å². The molecule has 2 aromatic carbocycles. The van der Waals surface area contributed by atoms with Gasteiger partial charge in [0.15, 0.2) is 17.0 Å². The summed E-state index contributed by atoms with van der Waals surface area (Å²) in [5, 5.41) is 1.54. The Labute approximate surface area is 197 Å². The highest BCUT2D eigenvalue weighted by atomic mass is 19.4. The summed E-state index contributed by atoms with van der Waals surface area (Å²) >= 11 is 0. The van der Waals surface area contributed by atoms with E-state index >= 15 is 0 Å². The number of ether oxygens (including phenoxy) is 1. The van der Waals surface area contributed by atoms with Crippen molar-refractivity contribution in [3.8, 4) is 5.75 Å². The first-order chi connectivity index (χ1) is 16.6. The number of halogens is 4. The summed E-state index contributed by atoms with van der Waals surface area (Å²) in [5.41, 5.74) is 1.20. The third-order valence-electron chi connectivity index (χ3n) is 6.61. The van der Waals surface area contributed by atoms with Crippen LogP contribution in [-0.2, 0) is 6.61 Å². The van der Waals surface area contributed by atoms with Crippen molar-refractivity contribution in [2.24, 2.45) is 0 Å². The molecule has 3 heterocycles. The van der Waals surface area contributed by atoms with Gasteiger partial charge in [-0.2, -0.15) is 13.2 Å².